The van der Waals surface area contributed by atoms with Gasteiger partial charge in [0.15, 0.2) is 0 Å². The second-order valence-corrected chi connectivity index (χ2v) is 7.25. The highest BCUT2D eigenvalue weighted by Crippen LogP contribution is 2.32. The summed E-state index contributed by atoms with van der Waals surface area (Å²) in [5, 5.41) is 0. The van der Waals surface area contributed by atoms with Gasteiger partial charge in [0.05, 0.1) is 5.56 Å². The van der Waals surface area contributed by atoms with Gasteiger partial charge in [-0.2, -0.15) is 13.2 Å². The van der Waals surface area contributed by atoms with Gasteiger partial charge < -0.3 is 9.71 Å². The van der Waals surface area contributed by atoms with E-state index in [0.717, 1.165) is 28.8 Å². The molecule has 1 aliphatic heterocycles. The molecule has 25 heavy (non-hydrogen) atoms. The first-order valence-electron chi connectivity index (χ1n) is 8.57. The lowest BCUT2D eigenvalue weighted by molar-refractivity contribution is -0.137. The zero-order valence-corrected chi connectivity index (χ0v) is 15.4. The summed E-state index contributed by atoms with van der Waals surface area (Å²) in [7, 11) is 0. The molecule has 0 unspecified atom stereocenters. The largest absolute Gasteiger partial charge is 0.416 e. The van der Waals surface area contributed by atoms with Crippen LogP contribution >= 0.6 is 0 Å². The molecule has 0 N–H and O–H groups in total. The second-order valence-electron chi connectivity index (χ2n) is 7.25. The van der Waals surface area contributed by atoms with Crippen molar-refractivity contribution in [1.29, 1.82) is 0 Å². The third-order valence-electron chi connectivity index (χ3n) is 4.61. The average Bonchev–Trinajstić information content (AvgIpc) is 2.49. The van der Waals surface area contributed by atoms with E-state index in [1.807, 2.05) is 4.90 Å². The summed E-state index contributed by atoms with van der Waals surface area (Å²) in [4.78, 5) is 4.41. The van der Waals surface area contributed by atoms with Gasteiger partial charge in [0.2, 0.25) is 0 Å². The number of anilines is 1. The molecule has 0 saturated carbocycles. The van der Waals surface area contributed by atoms with Crippen LogP contribution in [0.15, 0.2) is 48.4 Å². The van der Waals surface area contributed by atoms with Crippen LogP contribution in [0.2, 0.25) is 0 Å². The van der Waals surface area contributed by atoms with Crippen molar-refractivity contribution < 1.29 is 13.2 Å². The van der Waals surface area contributed by atoms with Crippen molar-refractivity contribution in [1.82, 2.24) is 4.81 Å². The molecule has 0 spiro atoms. The predicted molar refractivity (Wildman–Crippen MR) is 99.8 cm³/mol. The molecule has 1 heterocycles. The van der Waals surface area contributed by atoms with Crippen molar-refractivity contribution in [3.05, 3.63) is 53.9 Å². The molecular weight excluding hydrogens is 324 g/mol. The summed E-state index contributed by atoms with van der Waals surface area (Å²) >= 11 is 0. The molecule has 2 rings (SSSR count). The Morgan fingerprint density at radius 2 is 1.40 bits per heavy atom. The number of alkyl halides is 3. The van der Waals surface area contributed by atoms with Crippen LogP contribution in [0.3, 0.4) is 0 Å². The number of halogens is 3. The molecule has 136 valence electrons. The number of hydrogen-bond donors (Lipinski definition) is 0. The SMILES string of the molecule is C=C1CN(c2ccc(C(F)(F)F)cc2)CC(=C)B1N(C(C)C)C(C)C. The van der Waals surface area contributed by atoms with Gasteiger partial charge in [-0.1, -0.05) is 38.6 Å². The van der Waals surface area contributed by atoms with Gasteiger partial charge in [-0.3, -0.25) is 0 Å². The molecule has 0 amide bonds. The summed E-state index contributed by atoms with van der Waals surface area (Å²) < 4.78 is 38.2. The number of hydrogen-bond acceptors (Lipinski definition) is 2. The lowest BCUT2D eigenvalue weighted by Gasteiger charge is -2.44. The van der Waals surface area contributed by atoms with Gasteiger partial charge in [0, 0.05) is 18.8 Å². The van der Waals surface area contributed by atoms with Gasteiger partial charge >= 0.3 is 6.18 Å². The van der Waals surface area contributed by atoms with E-state index < -0.39 is 11.7 Å². The van der Waals surface area contributed by atoms with Crippen LogP contribution in [0.1, 0.15) is 33.3 Å². The van der Waals surface area contributed by atoms with Gasteiger partial charge in [0.25, 0.3) is 6.85 Å². The number of rotatable bonds is 4. The molecule has 0 aromatic heterocycles. The van der Waals surface area contributed by atoms with E-state index in [2.05, 4.69) is 45.7 Å². The Kier molecular flexibility index (Phi) is 5.72. The third-order valence-corrected chi connectivity index (χ3v) is 4.61. The van der Waals surface area contributed by atoms with E-state index >= 15 is 0 Å². The topological polar surface area (TPSA) is 6.48 Å². The smallest absolute Gasteiger partial charge is 0.365 e. The van der Waals surface area contributed by atoms with E-state index in [9.17, 15) is 13.2 Å². The lowest BCUT2D eigenvalue weighted by atomic mass is 9.46. The fourth-order valence-corrected chi connectivity index (χ4v) is 3.67. The van der Waals surface area contributed by atoms with Crippen LogP contribution in [-0.4, -0.2) is 36.8 Å². The minimum absolute atomic E-state index is 0.102. The Morgan fingerprint density at radius 3 is 1.76 bits per heavy atom. The van der Waals surface area contributed by atoms with Gasteiger partial charge in [-0.25, -0.2) is 0 Å². The fraction of sp³-hybridized carbons (Fsp3) is 0.474. The van der Waals surface area contributed by atoms with Crippen molar-refractivity contribution in [3.63, 3.8) is 0 Å². The zero-order valence-electron chi connectivity index (χ0n) is 15.4. The highest BCUT2D eigenvalue weighted by Gasteiger charge is 2.37. The van der Waals surface area contributed by atoms with Crippen LogP contribution in [0.5, 0.6) is 0 Å². The normalized spacial score (nSPS) is 16.6. The fourth-order valence-electron chi connectivity index (χ4n) is 3.67. The van der Waals surface area contributed by atoms with Crippen LogP contribution in [0, 0.1) is 0 Å². The van der Waals surface area contributed by atoms with Crippen LogP contribution in [0.25, 0.3) is 0 Å². The van der Waals surface area contributed by atoms with Crippen LogP contribution < -0.4 is 4.90 Å². The summed E-state index contributed by atoms with van der Waals surface area (Å²) in [6, 6.07) is 6.01. The summed E-state index contributed by atoms with van der Waals surface area (Å²) in [6.07, 6.45) is -4.31. The maximum atomic E-state index is 12.7. The molecule has 0 aliphatic carbocycles. The Hall–Kier alpha value is -1.69. The molecule has 1 aromatic carbocycles. The first-order chi connectivity index (χ1) is 11.5. The zero-order chi connectivity index (χ0) is 18.9. The Bertz CT molecular complexity index is 609. The number of nitrogens with zero attached hydrogens (tertiary/aromatic N) is 2. The monoisotopic (exact) mass is 350 g/mol. The molecule has 1 aliphatic rings. The Labute approximate surface area is 149 Å². The third kappa shape index (κ3) is 4.29. The van der Waals surface area contributed by atoms with Gasteiger partial charge in [-0.15, -0.1) is 13.2 Å². The van der Waals surface area contributed by atoms with E-state index in [4.69, 9.17) is 0 Å². The Balaban J connectivity index is 2.19. The summed E-state index contributed by atoms with van der Waals surface area (Å²) in [5.74, 6) is 0. The Morgan fingerprint density at radius 1 is 0.960 bits per heavy atom. The van der Waals surface area contributed by atoms with E-state index in [-0.39, 0.29) is 6.85 Å². The molecule has 6 heteroatoms. The van der Waals surface area contributed by atoms with Crippen LogP contribution in [0.4, 0.5) is 18.9 Å². The summed E-state index contributed by atoms with van der Waals surface area (Å²) in [6.45, 7) is 18.4. The predicted octanol–water partition coefficient (Wildman–Crippen LogP) is 4.83. The van der Waals surface area contributed by atoms with Crippen molar-refractivity contribution in [2.45, 2.75) is 46.0 Å². The summed E-state index contributed by atoms with van der Waals surface area (Å²) in [5.41, 5.74) is 2.18. The average molecular weight is 350 g/mol. The minimum atomic E-state index is -4.31. The standard InChI is InChI=1S/C19H26BF3N2/c1-13(2)25(14(3)4)20-15(5)11-24(12-16(20)6)18-9-7-17(8-10-18)19(21,22)23/h7-10,13-14H,5-6,11-12H2,1-4H3. The second kappa shape index (κ2) is 7.28. The number of benzene rings is 1. The molecule has 0 radical (unpaired) electrons. The minimum Gasteiger partial charge on any atom is -0.365 e. The molecule has 1 saturated heterocycles. The molecule has 2 nitrogen and oxygen atoms in total. The van der Waals surface area contributed by atoms with Crippen molar-refractivity contribution in [3.8, 4) is 0 Å². The molecular formula is C19H26BF3N2. The van der Waals surface area contributed by atoms with Gasteiger partial charge in [0.1, 0.15) is 0 Å². The molecule has 0 bridgehead atoms. The van der Waals surface area contributed by atoms with Crippen molar-refractivity contribution in [2.75, 3.05) is 18.0 Å². The highest BCUT2D eigenvalue weighted by atomic mass is 19.4. The maximum Gasteiger partial charge on any atom is 0.416 e. The van der Waals surface area contributed by atoms with Gasteiger partial charge in [-0.05, 0) is 36.3 Å². The van der Waals surface area contributed by atoms with Crippen molar-refractivity contribution >= 4 is 12.5 Å². The molecule has 1 aromatic rings. The first kappa shape index (κ1) is 19.6. The lowest BCUT2D eigenvalue weighted by Crippen LogP contribution is -2.56. The van der Waals surface area contributed by atoms with Crippen molar-refractivity contribution in [2.24, 2.45) is 0 Å². The highest BCUT2D eigenvalue weighted by molar-refractivity contribution is 6.72. The van der Waals surface area contributed by atoms with E-state index in [1.54, 1.807) is 0 Å². The van der Waals surface area contributed by atoms with E-state index in [0.29, 0.717) is 25.2 Å². The maximum absolute atomic E-state index is 12.7. The molecule has 1 fully saturated rings. The van der Waals surface area contributed by atoms with E-state index in [1.165, 1.54) is 12.1 Å². The van der Waals surface area contributed by atoms with Crippen LogP contribution in [-0.2, 0) is 6.18 Å². The quantitative estimate of drug-likeness (QED) is 0.718. The first-order valence-corrected chi connectivity index (χ1v) is 8.57. The molecule has 0 atom stereocenters.